The number of ketones is 1. The Labute approximate surface area is 155 Å². The highest BCUT2D eigenvalue weighted by atomic mass is 127. The van der Waals surface area contributed by atoms with Crippen molar-refractivity contribution >= 4 is 40.9 Å². The van der Waals surface area contributed by atoms with Gasteiger partial charge in [0.25, 0.3) is 0 Å². The van der Waals surface area contributed by atoms with Crippen LogP contribution in [0.2, 0.25) is 0 Å². The Morgan fingerprint density at radius 3 is 1.92 bits per heavy atom. The number of carbonyl (C=O) groups is 3. The van der Waals surface area contributed by atoms with Gasteiger partial charge in [0.2, 0.25) is 0 Å². The lowest BCUT2D eigenvalue weighted by molar-refractivity contribution is -0.144. The Bertz CT molecular complexity index is 671. The molecule has 0 atom stereocenters. The van der Waals surface area contributed by atoms with E-state index < -0.39 is 60.0 Å². The van der Waals surface area contributed by atoms with Crippen molar-refractivity contribution in [1.82, 2.24) is 5.32 Å². The largest absolute Gasteiger partial charge is 0.454 e. The van der Waals surface area contributed by atoms with Crippen LogP contribution in [0, 0.1) is 0 Å². The number of ether oxygens (including phenoxy) is 1. The van der Waals surface area contributed by atoms with E-state index in [9.17, 15) is 40.7 Å². The maximum absolute atomic E-state index is 12.9. The molecule has 0 bridgehead atoms. The molecule has 6 nitrogen and oxygen atoms in total. The number of Topliss-reactive ketones (excluding diaryl/α,β-unsaturated/α-hetero) is 1. The van der Waals surface area contributed by atoms with Crippen molar-refractivity contribution in [2.45, 2.75) is 12.4 Å². The SMILES string of the molecule is O=C(CNC(=O)OI)COC(=O)c1c(C(F)(F)F)cccc1C(F)(F)F. The Kier molecular flexibility index (Phi) is 7.23. The van der Waals surface area contributed by atoms with Gasteiger partial charge in [-0.15, -0.1) is 0 Å². The van der Waals surface area contributed by atoms with Gasteiger partial charge in [0, 0.05) is 0 Å². The first-order valence-corrected chi connectivity index (χ1v) is 7.28. The summed E-state index contributed by atoms with van der Waals surface area (Å²) < 4.78 is 85.9. The van der Waals surface area contributed by atoms with E-state index in [4.69, 9.17) is 0 Å². The lowest BCUT2D eigenvalue weighted by Gasteiger charge is -2.17. The second kappa shape index (κ2) is 8.55. The van der Waals surface area contributed by atoms with Gasteiger partial charge in [-0.05, 0) is 12.1 Å². The first-order valence-electron chi connectivity index (χ1n) is 6.40. The van der Waals surface area contributed by atoms with Crippen LogP contribution in [-0.2, 0) is 25.0 Å². The van der Waals surface area contributed by atoms with E-state index in [1.165, 1.54) is 23.0 Å². The molecule has 0 unspecified atom stereocenters. The van der Waals surface area contributed by atoms with Crippen molar-refractivity contribution in [2.24, 2.45) is 0 Å². The summed E-state index contributed by atoms with van der Waals surface area (Å²) in [5, 5.41) is 1.90. The number of carbonyl (C=O) groups excluding carboxylic acids is 3. The van der Waals surface area contributed by atoms with Crippen LogP contribution in [0.5, 0.6) is 0 Å². The average molecular weight is 499 g/mol. The zero-order valence-electron chi connectivity index (χ0n) is 12.3. The zero-order valence-corrected chi connectivity index (χ0v) is 14.5. The molecule has 1 amide bonds. The molecule has 0 saturated heterocycles. The fraction of sp³-hybridized carbons (Fsp3) is 0.308. The van der Waals surface area contributed by atoms with Crippen LogP contribution in [0.15, 0.2) is 18.2 Å². The van der Waals surface area contributed by atoms with E-state index in [1.807, 2.05) is 5.32 Å². The highest BCUT2D eigenvalue weighted by Gasteiger charge is 2.43. The first-order chi connectivity index (χ1) is 11.9. The number of alkyl halides is 6. The second-order valence-electron chi connectivity index (χ2n) is 4.56. The lowest BCUT2D eigenvalue weighted by atomic mass is 10.00. The third kappa shape index (κ3) is 6.03. The summed E-state index contributed by atoms with van der Waals surface area (Å²) in [6.45, 7) is -1.86. The Hall–Kier alpha value is -2.06. The van der Waals surface area contributed by atoms with Gasteiger partial charge >= 0.3 is 24.4 Å². The molecule has 0 aliphatic heterocycles. The predicted molar refractivity (Wildman–Crippen MR) is 80.2 cm³/mol. The quantitative estimate of drug-likeness (QED) is 0.381. The fourth-order valence-electron chi connectivity index (χ4n) is 1.71. The maximum atomic E-state index is 12.9. The summed E-state index contributed by atoms with van der Waals surface area (Å²) in [5.74, 6) is -2.96. The van der Waals surface area contributed by atoms with Crippen LogP contribution >= 0.6 is 23.0 Å². The van der Waals surface area contributed by atoms with Crippen molar-refractivity contribution in [3.05, 3.63) is 34.9 Å². The van der Waals surface area contributed by atoms with Crippen molar-refractivity contribution in [3.63, 3.8) is 0 Å². The Balaban J connectivity index is 3.04. The lowest BCUT2D eigenvalue weighted by Crippen LogP contribution is -2.31. The topological polar surface area (TPSA) is 81.7 Å². The Morgan fingerprint density at radius 2 is 1.50 bits per heavy atom. The van der Waals surface area contributed by atoms with Gasteiger partial charge in [-0.1, -0.05) is 6.07 Å². The first kappa shape index (κ1) is 22.0. The van der Waals surface area contributed by atoms with Gasteiger partial charge < -0.3 is 13.1 Å². The number of halogens is 7. The molecule has 1 aromatic carbocycles. The van der Waals surface area contributed by atoms with Gasteiger partial charge in [0.05, 0.1) is 23.2 Å². The molecule has 144 valence electrons. The number of esters is 1. The van der Waals surface area contributed by atoms with E-state index in [1.54, 1.807) is 0 Å². The molecule has 1 N–H and O–H groups in total. The van der Waals surface area contributed by atoms with Gasteiger partial charge in [-0.2, -0.15) is 26.3 Å². The normalized spacial score (nSPS) is 11.7. The number of benzene rings is 1. The Morgan fingerprint density at radius 1 is 1.00 bits per heavy atom. The van der Waals surface area contributed by atoms with Crippen molar-refractivity contribution < 1.29 is 48.5 Å². The van der Waals surface area contributed by atoms with Crippen LogP contribution < -0.4 is 5.32 Å². The molecule has 0 aliphatic rings. The molecule has 0 aromatic heterocycles. The van der Waals surface area contributed by atoms with Crippen LogP contribution in [0.25, 0.3) is 0 Å². The minimum absolute atomic E-state index is 0.283. The molecule has 1 aromatic rings. The van der Waals surface area contributed by atoms with Crippen molar-refractivity contribution in [3.8, 4) is 0 Å². The second-order valence-corrected chi connectivity index (χ2v) is 5.00. The summed E-state index contributed by atoms with van der Waals surface area (Å²) in [5.41, 5.74) is -5.45. The average Bonchev–Trinajstić information content (AvgIpc) is 2.55. The van der Waals surface area contributed by atoms with Crippen molar-refractivity contribution in [1.29, 1.82) is 0 Å². The van der Waals surface area contributed by atoms with Gasteiger partial charge in [0.15, 0.2) is 35.4 Å². The molecule has 0 fully saturated rings. The minimum Gasteiger partial charge on any atom is -0.454 e. The number of hydrogen-bond acceptors (Lipinski definition) is 5. The maximum Gasteiger partial charge on any atom is 0.417 e. The van der Waals surface area contributed by atoms with Crippen LogP contribution in [0.4, 0.5) is 31.1 Å². The van der Waals surface area contributed by atoms with E-state index in [0.717, 1.165) is 0 Å². The van der Waals surface area contributed by atoms with E-state index in [-0.39, 0.29) is 12.1 Å². The summed E-state index contributed by atoms with van der Waals surface area (Å²) in [6.07, 6.45) is -11.5. The third-order valence-electron chi connectivity index (χ3n) is 2.74. The van der Waals surface area contributed by atoms with Crippen molar-refractivity contribution in [2.75, 3.05) is 13.2 Å². The number of nitrogens with one attached hydrogen (secondary N) is 1. The monoisotopic (exact) mass is 499 g/mol. The predicted octanol–water partition coefficient (Wildman–Crippen LogP) is 3.53. The third-order valence-corrected chi connectivity index (χ3v) is 3.14. The fourth-order valence-corrected chi connectivity index (χ4v) is 1.87. The van der Waals surface area contributed by atoms with Gasteiger partial charge in [-0.3, -0.25) is 4.79 Å². The van der Waals surface area contributed by atoms with Crippen LogP contribution in [0.1, 0.15) is 21.5 Å². The molecule has 0 saturated carbocycles. The van der Waals surface area contributed by atoms with E-state index in [0.29, 0.717) is 6.07 Å². The molecular formula is C13H8F6INO5. The van der Waals surface area contributed by atoms with Gasteiger partial charge in [0.1, 0.15) is 0 Å². The number of rotatable bonds is 5. The van der Waals surface area contributed by atoms with E-state index >= 15 is 0 Å². The molecule has 1 rings (SSSR count). The summed E-state index contributed by atoms with van der Waals surface area (Å²) in [7, 11) is 0. The molecular weight excluding hydrogens is 491 g/mol. The van der Waals surface area contributed by atoms with Gasteiger partial charge in [-0.25, -0.2) is 9.59 Å². The molecule has 26 heavy (non-hydrogen) atoms. The number of hydrogen-bond donors (Lipinski definition) is 1. The molecule has 0 spiro atoms. The van der Waals surface area contributed by atoms with E-state index in [2.05, 4.69) is 7.80 Å². The molecule has 0 radical (unpaired) electrons. The number of amides is 1. The zero-order chi connectivity index (χ0) is 20.1. The highest BCUT2D eigenvalue weighted by molar-refractivity contribution is 14.1. The minimum atomic E-state index is -5.26. The molecule has 0 aliphatic carbocycles. The van der Waals surface area contributed by atoms with Crippen LogP contribution in [-0.4, -0.2) is 31.0 Å². The standard InChI is InChI=1S/C13H8F6INO5/c14-12(15,16)7-2-1-3-8(13(17,18)19)9(7)10(23)25-5-6(22)4-21-11(24)26-20/h1-3H,4-5H2,(H,21,24). The summed E-state index contributed by atoms with van der Waals surface area (Å²) >= 11 is 1.20. The summed E-state index contributed by atoms with van der Waals surface area (Å²) in [4.78, 5) is 33.9. The smallest absolute Gasteiger partial charge is 0.417 e. The summed E-state index contributed by atoms with van der Waals surface area (Å²) in [6, 6.07) is 1.06. The molecule has 13 heteroatoms. The highest BCUT2D eigenvalue weighted by Crippen LogP contribution is 2.39. The molecule has 0 heterocycles. The van der Waals surface area contributed by atoms with Crippen LogP contribution in [0.3, 0.4) is 0 Å².